The second-order valence-corrected chi connectivity index (χ2v) is 3.16. The summed E-state index contributed by atoms with van der Waals surface area (Å²) in [5.41, 5.74) is 0. The lowest BCUT2D eigenvalue weighted by atomic mass is 10.4. The Labute approximate surface area is 74.7 Å². The van der Waals surface area contributed by atoms with Gasteiger partial charge in [0.15, 0.2) is 6.67 Å². The Morgan fingerprint density at radius 3 is 2.33 bits per heavy atom. The summed E-state index contributed by atoms with van der Waals surface area (Å²) >= 11 is 0. The van der Waals surface area contributed by atoms with E-state index in [0.717, 1.165) is 17.6 Å². The van der Waals surface area contributed by atoms with E-state index in [1.807, 2.05) is 0 Å². The van der Waals surface area contributed by atoms with Gasteiger partial charge in [-0.2, -0.15) is 0 Å². The van der Waals surface area contributed by atoms with Crippen molar-refractivity contribution >= 4 is 5.91 Å². The molecule has 3 heteroatoms. The van der Waals surface area contributed by atoms with Crippen LogP contribution in [0.5, 0.6) is 0 Å². The molecule has 12 heavy (non-hydrogen) atoms. The maximum atomic E-state index is 10.9. The summed E-state index contributed by atoms with van der Waals surface area (Å²) in [4.78, 5) is 10.9. The molecule has 0 aromatic heterocycles. The van der Waals surface area contributed by atoms with Gasteiger partial charge in [-0.3, -0.25) is 4.79 Å². The SMILES string of the molecule is C=CC(=O)NC[N+](C)(CC)CC. The molecule has 0 rings (SSSR count). The van der Waals surface area contributed by atoms with E-state index in [1.54, 1.807) is 0 Å². The summed E-state index contributed by atoms with van der Waals surface area (Å²) in [5.74, 6) is -0.0961. The van der Waals surface area contributed by atoms with Gasteiger partial charge in [0.25, 0.3) is 0 Å². The van der Waals surface area contributed by atoms with Crippen LogP contribution < -0.4 is 5.32 Å². The van der Waals surface area contributed by atoms with Gasteiger partial charge in [0, 0.05) is 0 Å². The lowest BCUT2D eigenvalue weighted by Crippen LogP contribution is -2.50. The van der Waals surface area contributed by atoms with Crippen LogP contribution >= 0.6 is 0 Å². The van der Waals surface area contributed by atoms with Gasteiger partial charge in [-0.05, 0) is 19.9 Å². The quantitative estimate of drug-likeness (QED) is 0.369. The number of carbonyl (C=O) groups is 1. The highest BCUT2D eigenvalue weighted by Crippen LogP contribution is 1.97. The topological polar surface area (TPSA) is 29.1 Å². The van der Waals surface area contributed by atoms with Crippen LogP contribution in [0.3, 0.4) is 0 Å². The zero-order chi connectivity index (χ0) is 9.61. The van der Waals surface area contributed by atoms with Gasteiger partial charge >= 0.3 is 0 Å². The van der Waals surface area contributed by atoms with Crippen molar-refractivity contribution in [1.29, 1.82) is 0 Å². The predicted molar refractivity (Wildman–Crippen MR) is 50.5 cm³/mol. The van der Waals surface area contributed by atoms with Gasteiger partial charge in [0.05, 0.1) is 20.1 Å². The lowest BCUT2D eigenvalue weighted by Gasteiger charge is -2.31. The van der Waals surface area contributed by atoms with Crippen molar-refractivity contribution in [3.05, 3.63) is 12.7 Å². The summed E-state index contributed by atoms with van der Waals surface area (Å²) in [7, 11) is 2.11. The van der Waals surface area contributed by atoms with Crippen molar-refractivity contribution in [3.63, 3.8) is 0 Å². The minimum atomic E-state index is -0.0961. The van der Waals surface area contributed by atoms with E-state index >= 15 is 0 Å². The molecule has 70 valence electrons. The molecule has 0 unspecified atom stereocenters. The largest absolute Gasteiger partial charge is 0.310 e. The summed E-state index contributed by atoms with van der Waals surface area (Å²) < 4.78 is 0.861. The molecular formula is C9H19N2O+. The highest BCUT2D eigenvalue weighted by molar-refractivity contribution is 5.86. The Morgan fingerprint density at radius 1 is 1.50 bits per heavy atom. The molecular weight excluding hydrogens is 152 g/mol. The van der Waals surface area contributed by atoms with Gasteiger partial charge in [-0.25, -0.2) is 0 Å². The molecule has 0 aliphatic heterocycles. The molecule has 0 aliphatic rings. The van der Waals surface area contributed by atoms with Crippen LogP contribution in [-0.4, -0.2) is 37.2 Å². The van der Waals surface area contributed by atoms with Crippen LogP contribution in [0, 0.1) is 0 Å². The molecule has 1 N–H and O–H groups in total. The highest BCUT2D eigenvalue weighted by atomic mass is 16.1. The summed E-state index contributed by atoms with van der Waals surface area (Å²) in [6.07, 6.45) is 1.30. The molecule has 0 fully saturated rings. The number of nitrogens with one attached hydrogen (secondary N) is 1. The molecule has 0 saturated carbocycles. The zero-order valence-corrected chi connectivity index (χ0v) is 8.26. The first-order chi connectivity index (χ1) is 5.58. The molecule has 0 aromatic rings. The molecule has 0 atom stereocenters. The van der Waals surface area contributed by atoms with E-state index in [0.29, 0.717) is 6.67 Å². The van der Waals surface area contributed by atoms with Crippen LogP contribution in [-0.2, 0) is 4.79 Å². The maximum Gasteiger partial charge on any atom is 0.247 e. The second kappa shape index (κ2) is 4.93. The van der Waals surface area contributed by atoms with E-state index in [4.69, 9.17) is 0 Å². The van der Waals surface area contributed by atoms with Crippen molar-refractivity contribution in [3.8, 4) is 0 Å². The Morgan fingerprint density at radius 2 is 2.00 bits per heavy atom. The fourth-order valence-electron chi connectivity index (χ4n) is 0.788. The average molecular weight is 171 g/mol. The number of amides is 1. The smallest absolute Gasteiger partial charge is 0.247 e. The Balaban J connectivity index is 3.88. The van der Waals surface area contributed by atoms with Crippen LogP contribution in [0.1, 0.15) is 13.8 Å². The van der Waals surface area contributed by atoms with Gasteiger partial charge in [0.1, 0.15) is 0 Å². The minimum absolute atomic E-state index is 0.0961. The lowest BCUT2D eigenvalue weighted by molar-refractivity contribution is -0.907. The third-order valence-corrected chi connectivity index (χ3v) is 2.35. The third kappa shape index (κ3) is 3.53. The molecule has 0 aliphatic carbocycles. The second-order valence-electron chi connectivity index (χ2n) is 3.16. The fraction of sp³-hybridized carbons (Fsp3) is 0.667. The first kappa shape index (κ1) is 11.2. The summed E-state index contributed by atoms with van der Waals surface area (Å²) in [6.45, 7) is 10.3. The van der Waals surface area contributed by atoms with E-state index < -0.39 is 0 Å². The van der Waals surface area contributed by atoms with Crippen LogP contribution in [0.2, 0.25) is 0 Å². The van der Waals surface area contributed by atoms with E-state index in [-0.39, 0.29) is 5.91 Å². The van der Waals surface area contributed by atoms with E-state index in [1.165, 1.54) is 6.08 Å². The predicted octanol–water partition coefficient (Wildman–Crippen LogP) is 0.732. The van der Waals surface area contributed by atoms with Crippen molar-refractivity contribution < 1.29 is 9.28 Å². The van der Waals surface area contributed by atoms with Crippen molar-refractivity contribution in [2.45, 2.75) is 13.8 Å². The summed E-state index contributed by atoms with van der Waals surface area (Å²) in [6, 6.07) is 0. The molecule has 0 bridgehead atoms. The van der Waals surface area contributed by atoms with E-state index in [2.05, 4.69) is 32.8 Å². The van der Waals surface area contributed by atoms with E-state index in [9.17, 15) is 4.79 Å². The minimum Gasteiger partial charge on any atom is -0.310 e. The van der Waals surface area contributed by atoms with Crippen LogP contribution in [0.15, 0.2) is 12.7 Å². The van der Waals surface area contributed by atoms with Gasteiger partial charge in [-0.1, -0.05) is 6.58 Å². The Bertz CT molecular complexity index is 162. The number of nitrogens with zero attached hydrogens (tertiary/aromatic N) is 1. The first-order valence-corrected chi connectivity index (χ1v) is 4.31. The molecule has 0 heterocycles. The fourth-order valence-corrected chi connectivity index (χ4v) is 0.788. The molecule has 0 saturated heterocycles. The number of hydrogen-bond acceptors (Lipinski definition) is 1. The number of rotatable bonds is 5. The maximum absolute atomic E-state index is 10.9. The van der Waals surface area contributed by atoms with Crippen molar-refractivity contribution in [2.24, 2.45) is 0 Å². The van der Waals surface area contributed by atoms with Gasteiger partial charge in [-0.15, -0.1) is 0 Å². The normalized spacial score (nSPS) is 10.9. The van der Waals surface area contributed by atoms with Crippen molar-refractivity contribution in [2.75, 3.05) is 26.8 Å². The molecule has 0 spiro atoms. The molecule has 3 nitrogen and oxygen atoms in total. The highest BCUT2D eigenvalue weighted by Gasteiger charge is 2.15. The average Bonchev–Trinajstić information content (AvgIpc) is 2.13. The first-order valence-electron chi connectivity index (χ1n) is 4.31. The van der Waals surface area contributed by atoms with Gasteiger partial charge in [0.2, 0.25) is 5.91 Å². The van der Waals surface area contributed by atoms with Gasteiger partial charge < -0.3 is 9.80 Å². The molecule has 1 amide bonds. The Kier molecular flexibility index (Phi) is 4.59. The number of carbonyl (C=O) groups excluding carboxylic acids is 1. The Hall–Kier alpha value is -0.830. The van der Waals surface area contributed by atoms with Crippen molar-refractivity contribution in [1.82, 2.24) is 5.32 Å². The molecule has 0 radical (unpaired) electrons. The van der Waals surface area contributed by atoms with Crippen LogP contribution in [0.25, 0.3) is 0 Å². The number of hydrogen-bond donors (Lipinski definition) is 1. The summed E-state index contributed by atoms with van der Waals surface area (Å²) in [5, 5.41) is 2.79. The van der Waals surface area contributed by atoms with Crippen LogP contribution in [0.4, 0.5) is 0 Å². The number of quaternary nitrogens is 1. The standard InChI is InChI=1S/C9H18N2O/c1-5-9(12)10-8-11(4,6-2)7-3/h5H,1,6-8H2,2-4H3/p+1. The third-order valence-electron chi connectivity index (χ3n) is 2.35. The monoisotopic (exact) mass is 171 g/mol. The zero-order valence-electron chi connectivity index (χ0n) is 8.26. The molecule has 0 aromatic carbocycles.